The van der Waals surface area contributed by atoms with Crippen molar-refractivity contribution >= 4 is 50.2 Å². The van der Waals surface area contributed by atoms with Gasteiger partial charge in [-0.15, -0.1) is 4.15 Å². The lowest BCUT2D eigenvalue weighted by molar-refractivity contribution is -0.384. The molecule has 1 atom stereocenters. The second-order valence-corrected chi connectivity index (χ2v) is 15.7. The molecule has 212 valence electrons. The number of nitro groups is 1. The van der Waals surface area contributed by atoms with Crippen LogP contribution >= 0.6 is 7.28 Å². The lowest BCUT2D eigenvalue weighted by atomic mass is 10.2. The molecule has 0 aliphatic heterocycles. The van der Waals surface area contributed by atoms with E-state index < -0.39 is 27.4 Å². The zero-order valence-electron chi connectivity index (χ0n) is 23.1. The molecule has 0 N–H and O–H groups in total. The summed E-state index contributed by atoms with van der Waals surface area (Å²) in [5.41, 5.74) is 1.66. The zero-order chi connectivity index (χ0) is 29.4. The first-order chi connectivity index (χ1) is 19.5. The van der Waals surface area contributed by atoms with E-state index in [0.717, 1.165) is 29.3 Å². The summed E-state index contributed by atoms with van der Waals surface area (Å²) in [6.07, 6.45) is 2.41. The number of rotatable bonds is 8. The van der Waals surface area contributed by atoms with Crippen molar-refractivity contribution in [3.05, 3.63) is 95.2 Å². The number of fused-ring (bicyclic) bond motifs is 2. The van der Waals surface area contributed by atoms with Crippen LogP contribution in [0.3, 0.4) is 0 Å². The molecule has 5 aromatic rings. The number of aryl methyl sites for hydroxylation is 1. The minimum atomic E-state index is -4.38. The van der Waals surface area contributed by atoms with Crippen molar-refractivity contribution in [2.45, 2.75) is 50.7 Å². The maximum Gasteiger partial charge on any atom is 0.284 e. The lowest BCUT2D eigenvalue weighted by Gasteiger charge is -2.36. The first kappa shape index (κ1) is 28.4. The molecule has 41 heavy (non-hydrogen) atoms. The van der Waals surface area contributed by atoms with Crippen LogP contribution < -0.4 is 9.96 Å². The molecule has 10 nitrogen and oxygen atoms in total. The van der Waals surface area contributed by atoms with Gasteiger partial charge in [0.05, 0.1) is 15.3 Å². The molecule has 2 aromatic heterocycles. The Bertz CT molecular complexity index is 1920. The molecule has 12 heteroatoms. The molecule has 5 rings (SSSR count). The quantitative estimate of drug-likeness (QED) is 0.109. The molecule has 0 saturated heterocycles. The second-order valence-electron chi connectivity index (χ2n) is 10.5. The largest absolute Gasteiger partial charge is 0.451 e. The van der Waals surface area contributed by atoms with E-state index >= 15 is 0 Å². The second kappa shape index (κ2) is 10.7. The molecule has 0 saturated carbocycles. The normalized spacial score (nSPS) is 13.7. The minimum Gasteiger partial charge on any atom is -0.451 e. The Balaban J connectivity index is 1.90. The van der Waals surface area contributed by atoms with E-state index in [0.29, 0.717) is 28.8 Å². The van der Waals surface area contributed by atoms with Gasteiger partial charge in [-0.1, -0.05) is 64.1 Å². The molecule has 0 amide bonds. The molecular formula is C29H30N5O5PS. The number of benzene rings is 3. The van der Waals surface area contributed by atoms with Gasteiger partial charge in [0.2, 0.25) is 7.28 Å². The van der Waals surface area contributed by atoms with Gasteiger partial charge in [-0.05, 0) is 36.8 Å². The lowest BCUT2D eigenvalue weighted by Crippen LogP contribution is -2.33. The monoisotopic (exact) mass is 591 g/mol. The van der Waals surface area contributed by atoms with Crippen molar-refractivity contribution in [1.82, 2.24) is 14.8 Å². The summed E-state index contributed by atoms with van der Waals surface area (Å²) in [5.74, 6) is 0.405. The maximum atomic E-state index is 14.1. The Labute approximate surface area is 238 Å². The predicted molar refractivity (Wildman–Crippen MR) is 161 cm³/mol. The maximum absolute atomic E-state index is 14.1. The van der Waals surface area contributed by atoms with Crippen molar-refractivity contribution in [3.63, 3.8) is 0 Å². The third-order valence-electron chi connectivity index (χ3n) is 6.64. The third-order valence-corrected chi connectivity index (χ3v) is 12.6. The Kier molecular flexibility index (Phi) is 7.44. The topological polar surface area (TPSA) is 130 Å². The van der Waals surface area contributed by atoms with Gasteiger partial charge in [0.15, 0.2) is 5.75 Å². The number of nitro benzene ring substituents is 1. The Hall–Kier alpha value is -4.08. The van der Waals surface area contributed by atoms with E-state index in [4.69, 9.17) is 13.8 Å². The van der Waals surface area contributed by atoms with E-state index in [1.165, 1.54) is 12.1 Å². The van der Waals surface area contributed by atoms with Crippen molar-refractivity contribution in [1.29, 1.82) is 0 Å². The molecular weight excluding hydrogens is 561 g/mol. The molecule has 0 unspecified atom stereocenters. The van der Waals surface area contributed by atoms with Gasteiger partial charge < -0.3 is 4.52 Å². The highest BCUT2D eigenvalue weighted by atomic mass is 32.2. The Morgan fingerprint density at radius 2 is 1.71 bits per heavy atom. The Morgan fingerprint density at radius 1 is 1.00 bits per heavy atom. The van der Waals surface area contributed by atoms with Crippen LogP contribution in [0.1, 0.15) is 34.1 Å². The smallest absolute Gasteiger partial charge is 0.284 e. The van der Waals surface area contributed by atoms with Gasteiger partial charge >= 0.3 is 0 Å². The Morgan fingerprint density at radius 3 is 2.39 bits per heavy atom. The number of hydrogen-bond acceptors (Lipinski definition) is 7. The van der Waals surface area contributed by atoms with E-state index in [9.17, 15) is 18.5 Å². The highest BCUT2D eigenvalue weighted by molar-refractivity contribution is 7.95. The fourth-order valence-electron chi connectivity index (χ4n) is 4.66. The summed E-state index contributed by atoms with van der Waals surface area (Å²) in [5, 5.41) is 16.8. The van der Waals surface area contributed by atoms with Crippen LogP contribution in [0, 0.1) is 10.1 Å². The first-order valence-corrected chi connectivity index (χ1v) is 16.2. The van der Waals surface area contributed by atoms with Crippen molar-refractivity contribution in [2.24, 2.45) is 4.15 Å². The standard InChI is InChI=1S/C29H30N5O5PS/c1-5-20-33-28(24-12-6-7-13-25(24)31-33)40(29(2,3)4,39-26-14-8-10-21-11-9-19-30-27(21)26)32-41(37,38)23-17-15-22(16-18-23)34(35)36/h6-19H,5,20H2,1-4H3/t40-/m0/s1. The number of aromatic nitrogens is 3. The summed E-state index contributed by atoms with van der Waals surface area (Å²) in [7, 11) is -7.96. The number of para-hydroxylation sites is 1. The fraction of sp³-hybridized carbons (Fsp3) is 0.241. The van der Waals surface area contributed by atoms with Gasteiger partial charge in [-0.25, -0.2) is 0 Å². The van der Waals surface area contributed by atoms with E-state index in [1.54, 1.807) is 12.3 Å². The van der Waals surface area contributed by atoms with Crippen molar-refractivity contribution in [2.75, 3.05) is 0 Å². The SMILES string of the molecule is CCCn1nc2ccccc2c1[P@](=NS(=O)(=O)c1ccc([N+](=O)[O-])cc1)(Oc1cccc2cccnc12)C(C)(C)C. The molecule has 3 aromatic carbocycles. The summed E-state index contributed by atoms with van der Waals surface area (Å²) >= 11 is 0. The molecule has 0 aliphatic rings. The van der Waals surface area contributed by atoms with E-state index in [1.807, 2.05) is 80.9 Å². The molecule has 2 heterocycles. The summed E-state index contributed by atoms with van der Waals surface area (Å²) in [6, 6.07) is 21.5. The van der Waals surface area contributed by atoms with Gasteiger partial charge in [-0.3, -0.25) is 19.8 Å². The van der Waals surface area contributed by atoms with Crippen LogP contribution in [0.5, 0.6) is 5.75 Å². The summed E-state index contributed by atoms with van der Waals surface area (Å²) in [4.78, 5) is 15.0. The van der Waals surface area contributed by atoms with E-state index in [-0.39, 0.29) is 10.6 Å². The van der Waals surface area contributed by atoms with Crippen LogP contribution in [0.25, 0.3) is 21.8 Å². The number of nitrogens with zero attached hydrogens (tertiary/aromatic N) is 5. The first-order valence-electron chi connectivity index (χ1n) is 13.1. The predicted octanol–water partition coefficient (Wildman–Crippen LogP) is 6.91. The third kappa shape index (κ3) is 5.23. The number of non-ortho nitro benzene ring substituents is 1. The molecule has 0 radical (unpaired) electrons. The molecule has 0 fully saturated rings. The summed E-state index contributed by atoms with van der Waals surface area (Å²) in [6.45, 7) is 8.27. The number of sulfonamides is 1. The fourth-order valence-corrected chi connectivity index (χ4v) is 10.6. The van der Waals surface area contributed by atoms with Crippen molar-refractivity contribution < 1.29 is 17.9 Å². The van der Waals surface area contributed by atoms with Crippen LogP contribution in [-0.2, 0) is 16.6 Å². The average Bonchev–Trinajstić information content (AvgIpc) is 3.30. The summed E-state index contributed by atoms with van der Waals surface area (Å²) < 4.78 is 41.7. The molecule has 0 aliphatic carbocycles. The average molecular weight is 592 g/mol. The highest BCUT2D eigenvalue weighted by Crippen LogP contribution is 2.62. The van der Waals surface area contributed by atoms with Gasteiger partial charge in [-0.2, -0.15) is 13.5 Å². The molecule has 0 spiro atoms. The number of hydrogen-bond donors (Lipinski definition) is 0. The number of pyridine rings is 1. The van der Waals surface area contributed by atoms with Gasteiger partial charge in [0.25, 0.3) is 15.7 Å². The highest BCUT2D eigenvalue weighted by Gasteiger charge is 2.45. The zero-order valence-corrected chi connectivity index (χ0v) is 24.8. The van der Waals surface area contributed by atoms with Crippen LogP contribution in [0.2, 0.25) is 0 Å². The minimum absolute atomic E-state index is 0.165. The van der Waals surface area contributed by atoms with Gasteiger partial charge in [0, 0.05) is 40.8 Å². The van der Waals surface area contributed by atoms with E-state index in [2.05, 4.69) is 4.98 Å². The van der Waals surface area contributed by atoms with Crippen LogP contribution in [-0.4, -0.2) is 33.3 Å². The van der Waals surface area contributed by atoms with Crippen LogP contribution in [0.15, 0.2) is 94.1 Å². The van der Waals surface area contributed by atoms with Gasteiger partial charge in [0.1, 0.15) is 11.0 Å². The molecule has 0 bridgehead atoms. The van der Waals surface area contributed by atoms with Crippen LogP contribution in [0.4, 0.5) is 5.69 Å². The van der Waals surface area contributed by atoms with Crippen molar-refractivity contribution in [3.8, 4) is 5.75 Å².